The number of thiazole rings is 1. The van der Waals surface area contributed by atoms with Crippen LogP contribution in [0, 0.1) is 0 Å². The molecule has 0 unspecified atom stereocenters. The Labute approximate surface area is 160 Å². The third-order valence-corrected chi connectivity index (χ3v) is 5.08. The Morgan fingerprint density at radius 1 is 1.15 bits per heavy atom. The number of benzene rings is 2. The van der Waals surface area contributed by atoms with E-state index >= 15 is 0 Å². The molecule has 0 spiro atoms. The van der Waals surface area contributed by atoms with Crippen molar-refractivity contribution in [3.8, 4) is 0 Å². The fourth-order valence-corrected chi connectivity index (χ4v) is 3.67. The summed E-state index contributed by atoms with van der Waals surface area (Å²) in [4.78, 5) is 16.6. The molecule has 0 N–H and O–H groups in total. The third kappa shape index (κ3) is 4.02. The van der Waals surface area contributed by atoms with E-state index in [0.29, 0.717) is 19.0 Å². The minimum absolute atomic E-state index is 0.0962. The number of hydrogen-bond donors (Lipinski definition) is 0. The molecule has 4 aromatic rings. The second-order valence-electron chi connectivity index (χ2n) is 6.12. The Morgan fingerprint density at radius 3 is 2.93 bits per heavy atom. The van der Waals surface area contributed by atoms with Gasteiger partial charge < -0.3 is 13.9 Å². The van der Waals surface area contributed by atoms with Gasteiger partial charge in [-0.3, -0.25) is 4.79 Å². The predicted molar refractivity (Wildman–Crippen MR) is 105 cm³/mol. The zero-order valence-corrected chi connectivity index (χ0v) is 15.8. The molecular weight excluding hydrogens is 362 g/mol. The van der Waals surface area contributed by atoms with Gasteiger partial charge >= 0.3 is 5.97 Å². The third-order valence-electron chi connectivity index (χ3n) is 4.21. The molecule has 0 amide bonds. The van der Waals surface area contributed by atoms with E-state index in [4.69, 9.17) is 13.9 Å². The molecule has 0 atom stereocenters. The number of aromatic nitrogens is 1. The first-order valence-electron chi connectivity index (χ1n) is 8.79. The fourth-order valence-electron chi connectivity index (χ4n) is 2.95. The number of hydrogen-bond acceptors (Lipinski definition) is 6. The molecule has 0 bridgehead atoms. The van der Waals surface area contributed by atoms with Gasteiger partial charge in [-0.1, -0.05) is 30.3 Å². The van der Waals surface area contributed by atoms with Crippen LogP contribution in [0.5, 0.6) is 0 Å². The van der Waals surface area contributed by atoms with Crippen LogP contribution in [0.15, 0.2) is 52.3 Å². The van der Waals surface area contributed by atoms with Gasteiger partial charge in [0.05, 0.1) is 12.3 Å². The largest absolute Gasteiger partial charge is 0.460 e. The minimum Gasteiger partial charge on any atom is -0.460 e. The maximum absolute atomic E-state index is 12.2. The lowest BCUT2D eigenvalue weighted by Gasteiger charge is -2.01. The second-order valence-corrected chi connectivity index (χ2v) is 7.06. The highest BCUT2D eigenvalue weighted by Gasteiger charge is 2.13. The molecule has 27 heavy (non-hydrogen) atoms. The molecule has 0 aliphatic carbocycles. The van der Waals surface area contributed by atoms with Crippen molar-refractivity contribution < 1.29 is 18.7 Å². The van der Waals surface area contributed by atoms with Crippen molar-refractivity contribution in [2.75, 3.05) is 6.61 Å². The van der Waals surface area contributed by atoms with Crippen molar-refractivity contribution in [1.82, 2.24) is 4.98 Å². The van der Waals surface area contributed by atoms with Crippen molar-refractivity contribution >= 4 is 39.0 Å². The Balaban J connectivity index is 1.40. The highest BCUT2D eigenvalue weighted by Crippen LogP contribution is 2.28. The van der Waals surface area contributed by atoms with Crippen LogP contribution in [0.25, 0.3) is 21.7 Å². The van der Waals surface area contributed by atoms with Gasteiger partial charge in [0.25, 0.3) is 0 Å². The van der Waals surface area contributed by atoms with E-state index in [2.05, 4.69) is 17.1 Å². The quantitative estimate of drug-likeness (QED) is 0.428. The number of carbonyl (C=O) groups is 1. The van der Waals surface area contributed by atoms with Crippen LogP contribution in [-0.2, 0) is 33.9 Å². The standard InChI is InChI=1S/C21H19NO4S/c1-2-24-12-20-22-15(13-27-20)11-25-21(23)10-16-9-18-17-6-4-3-5-14(17)7-8-19(18)26-16/h3-9,13H,2,10-12H2,1H3. The SMILES string of the molecule is CCOCc1nc(COC(=O)Cc2cc3c(ccc4ccccc43)o2)cs1. The average molecular weight is 381 g/mol. The molecule has 2 heterocycles. The van der Waals surface area contributed by atoms with E-state index in [9.17, 15) is 4.79 Å². The van der Waals surface area contributed by atoms with Crippen LogP contribution >= 0.6 is 11.3 Å². The summed E-state index contributed by atoms with van der Waals surface area (Å²) < 4.78 is 16.5. The topological polar surface area (TPSA) is 61.6 Å². The van der Waals surface area contributed by atoms with Crippen molar-refractivity contribution in [2.45, 2.75) is 26.6 Å². The van der Waals surface area contributed by atoms with Gasteiger partial charge in [-0.05, 0) is 29.8 Å². The monoisotopic (exact) mass is 381 g/mol. The van der Waals surface area contributed by atoms with E-state index in [1.54, 1.807) is 0 Å². The number of ether oxygens (including phenoxy) is 2. The van der Waals surface area contributed by atoms with Crippen molar-refractivity contribution in [1.29, 1.82) is 0 Å². The van der Waals surface area contributed by atoms with Gasteiger partial charge in [0.15, 0.2) is 0 Å². The van der Waals surface area contributed by atoms with Gasteiger partial charge in [-0.2, -0.15) is 0 Å². The zero-order valence-electron chi connectivity index (χ0n) is 14.9. The van der Waals surface area contributed by atoms with Crippen molar-refractivity contribution in [3.05, 3.63) is 64.3 Å². The van der Waals surface area contributed by atoms with Gasteiger partial charge in [0, 0.05) is 17.4 Å². The zero-order chi connectivity index (χ0) is 18.6. The maximum atomic E-state index is 12.2. The van der Waals surface area contributed by atoms with Crippen LogP contribution in [-0.4, -0.2) is 17.6 Å². The summed E-state index contributed by atoms with van der Waals surface area (Å²) >= 11 is 1.50. The summed E-state index contributed by atoms with van der Waals surface area (Å²) in [6.07, 6.45) is 0.0962. The molecule has 2 aromatic carbocycles. The summed E-state index contributed by atoms with van der Waals surface area (Å²) in [5.41, 5.74) is 1.51. The first-order valence-corrected chi connectivity index (χ1v) is 9.67. The van der Waals surface area contributed by atoms with E-state index in [1.807, 2.05) is 42.6 Å². The van der Waals surface area contributed by atoms with Gasteiger partial charge in [-0.25, -0.2) is 4.98 Å². The van der Waals surface area contributed by atoms with E-state index in [-0.39, 0.29) is 19.0 Å². The molecule has 6 heteroatoms. The molecule has 0 saturated heterocycles. The molecule has 0 aliphatic rings. The summed E-state index contributed by atoms with van der Waals surface area (Å²) in [5, 5.41) is 6.03. The van der Waals surface area contributed by atoms with Crippen LogP contribution < -0.4 is 0 Å². The van der Waals surface area contributed by atoms with Crippen LogP contribution in [0.3, 0.4) is 0 Å². The highest BCUT2D eigenvalue weighted by atomic mass is 32.1. The van der Waals surface area contributed by atoms with E-state index in [1.165, 1.54) is 11.3 Å². The number of esters is 1. The summed E-state index contributed by atoms with van der Waals surface area (Å²) in [6, 6.07) is 14.0. The van der Waals surface area contributed by atoms with Gasteiger partial charge in [-0.15, -0.1) is 11.3 Å². The first-order chi connectivity index (χ1) is 13.2. The molecule has 0 radical (unpaired) electrons. The molecular formula is C21H19NO4S. The number of rotatable bonds is 7. The van der Waals surface area contributed by atoms with Gasteiger partial charge in [0.2, 0.25) is 0 Å². The molecule has 0 saturated carbocycles. The van der Waals surface area contributed by atoms with Crippen molar-refractivity contribution in [2.24, 2.45) is 0 Å². The number of furan rings is 1. The Bertz CT molecular complexity index is 1080. The smallest absolute Gasteiger partial charge is 0.313 e. The normalized spacial score (nSPS) is 11.3. The van der Waals surface area contributed by atoms with Crippen LogP contribution in [0.4, 0.5) is 0 Å². The second kappa shape index (κ2) is 7.90. The molecule has 2 aromatic heterocycles. The van der Waals surface area contributed by atoms with E-state index < -0.39 is 0 Å². The highest BCUT2D eigenvalue weighted by molar-refractivity contribution is 7.09. The minimum atomic E-state index is -0.335. The molecule has 0 fully saturated rings. The Hall–Kier alpha value is -2.70. The molecule has 4 rings (SSSR count). The summed E-state index contributed by atoms with van der Waals surface area (Å²) in [5.74, 6) is 0.263. The summed E-state index contributed by atoms with van der Waals surface area (Å²) in [7, 11) is 0. The summed E-state index contributed by atoms with van der Waals surface area (Å²) in [6.45, 7) is 3.24. The van der Waals surface area contributed by atoms with Crippen LogP contribution in [0.1, 0.15) is 23.4 Å². The van der Waals surface area contributed by atoms with Crippen molar-refractivity contribution in [3.63, 3.8) is 0 Å². The van der Waals surface area contributed by atoms with E-state index in [0.717, 1.165) is 32.4 Å². The molecule has 138 valence electrons. The number of fused-ring (bicyclic) bond motifs is 3. The fraction of sp³-hybridized carbons (Fsp3) is 0.238. The average Bonchev–Trinajstić information content (AvgIpc) is 3.31. The van der Waals surface area contributed by atoms with Crippen LogP contribution in [0.2, 0.25) is 0 Å². The lowest BCUT2D eigenvalue weighted by atomic mass is 10.1. The number of nitrogens with zero attached hydrogens (tertiary/aromatic N) is 1. The number of carbonyl (C=O) groups excluding carboxylic acids is 1. The lowest BCUT2D eigenvalue weighted by molar-refractivity contribution is -0.144. The lowest BCUT2D eigenvalue weighted by Crippen LogP contribution is -2.07. The molecule has 5 nitrogen and oxygen atoms in total. The predicted octanol–water partition coefficient (Wildman–Crippen LogP) is 4.86. The Morgan fingerprint density at radius 2 is 2.04 bits per heavy atom. The van der Waals surface area contributed by atoms with Gasteiger partial charge in [0.1, 0.15) is 29.4 Å². The molecule has 0 aliphatic heterocycles. The first kappa shape index (κ1) is 17.7. The Kier molecular flexibility index (Phi) is 5.18. The maximum Gasteiger partial charge on any atom is 0.313 e.